The van der Waals surface area contributed by atoms with Crippen molar-refractivity contribution in [1.29, 1.82) is 0 Å². The molecule has 0 saturated carbocycles. The van der Waals surface area contributed by atoms with Gasteiger partial charge in [0.1, 0.15) is 16.5 Å². The van der Waals surface area contributed by atoms with E-state index in [4.69, 9.17) is 14.7 Å². The molecule has 112 valence electrons. The highest BCUT2D eigenvalue weighted by atomic mass is 32.1. The van der Waals surface area contributed by atoms with Gasteiger partial charge >= 0.3 is 0 Å². The van der Waals surface area contributed by atoms with E-state index in [1.807, 2.05) is 18.3 Å². The predicted octanol–water partition coefficient (Wildman–Crippen LogP) is 2.96. The van der Waals surface area contributed by atoms with E-state index in [9.17, 15) is 0 Å². The zero-order valence-electron chi connectivity index (χ0n) is 12.7. The molecule has 1 fully saturated rings. The van der Waals surface area contributed by atoms with Gasteiger partial charge in [-0.2, -0.15) is 0 Å². The SMILES string of the molecule is Cc1nc(N2CCOCC2)c2c3c(sc2n1)CC(C)CC3. The lowest BCUT2D eigenvalue weighted by Gasteiger charge is -2.29. The van der Waals surface area contributed by atoms with Crippen LogP contribution in [-0.2, 0) is 17.6 Å². The second kappa shape index (κ2) is 5.21. The maximum absolute atomic E-state index is 5.49. The lowest BCUT2D eigenvalue weighted by atomic mass is 9.89. The average molecular weight is 303 g/mol. The summed E-state index contributed by atoms with van der Waals surface area (Å²) in [5.74, 6) is 2.83. The number of thiophene rings is 1. The van der Waals surface area contributed by atoms with E-state index in [0.717, 1.165) is 43.9 Å². The minimum absolute atomic E-state index is 0.798. The summed E-state index contributed by atoms with van der Waals surface area (Å²) in [6.07, 6.45) is 3.67. The van der Waals surface area contributed by atoms with Gasteiger partial charge in [0.15, 0.2) is 0 Å². The number of anilines is 1. The lowest BCUT2D eigenvalue weighted by Crippen LogP contribution is -2.37. The first-order chi connectivity index (χ1) is 10.2. The number of hydrogen-bond acceptors (Lipinski definition) is 5. The Bertz CT molecular complexity index is 676. The second-order valence-corrected chi connectivity index (χ2v) is 7.31. The van der Waals surface area contributed by atoms with Crippen molar-refractivity contribution in [2.45, 2.75) is 33.1 Å². The van der Waals surface area contributed by atoms with E-state index in [2.05, 4.69) is 11.8 Å². The van der Waals surface area contributed by atoms with Crippen LogP contribution in [0.5, 0.6) is 0 Å². The molecule has 3 heterocycles. The topological polar surface area (TPSA) is 38.2 Å². The van der Waals surface area contributed by atoms with Crippen LogP contribution < -0.4 is 4.90 Å². The second-order valence-electron chi connectivity index (χ2n) is 6.23. The summed E-state index contributed by atoms with van der Waals surface area (Å²) in [4.78, 5) is 14.6. The Morgan fingerprint density at radius 1 is 1.24 bits per heavy atom. The third-order valence-corrected chi connectivity index (χ3v) is 5.71. The predicted molar refractivity (Wildman–Crippen MR) is 86.4 cm³/mol. The number of morpholine rings is 1. The standard InChI is InChI=1S/C16H21N3OS/c1-10-3-4-12-13(9-10)21-16-14(12)15(17-11(2)18-16)19-5-7-20-8-6-19/h10H,3-9H2,1-2H3. The van der Waals surface area contributed by atoms with E-state index < -0.39 is 0 Å². The largest absolute Gasteiger partial charge is 0.378 e. The highest BCUT2D eigenvalue weighted by Crippen LogP contribution is 2.41. The Morgan fingerprint density at radius 3 is 2.86 bits per heavy atom. The van der Waals surface area contributed by atoms with Gasteiger partial charge < -0.3 is 9.64 Å². The maximum atomic E-state index is 5.49. The van der Waals surface area contributed by atoms with E-state index >= 15 is 0 Å². The summed E-state index contributed by atoms with van der Waals surface area (Å²) in [7, 11) is 0. The average Bonchev–Trinajstić information content (AvgIpc) is 2.84. The molecule has 0 radical (unpaired) electrons. The fourth-order valence-corrected chi connectivity index (χ4v) is 4.85. The van der Waals surface area contributed by atoms with Crippen LogP contribution >= 0.6 is 11.3 Å². The molecule has 2 aliphatic rings. The van der Waals surface area contributed by atoms with E-state index in [0.29, 0.717) is 0 Å². The maximum Gasteiger partial charge on any atom is 0.141 e. The van der Waals surface area contributed by atoms with Crippen LogP contribution in [0.2, 0.25) is 0 Å². The summed E-state index contributed by atoms with van der Waals surface area (Å²) >= 11 is 1.89. The molecule has 1 unspecified atom stereocenters. The van der Waals surface area contributed by atoms with Gasteiger partial charge in [0.25, 0.3) is 0 Å². The summed E-state index contributed by atoms with van der Waals surface area (Å²) < 4.78 is 5.49. The molecule has 1 aliphatic carbocycles. The Balaban J connectivity index is 1.88. The molecular formula is C16H21N3OS. The normalized spacial score (nSPS) is 22.6. The van der Waals surface area contributed by atoms with Crippen molar-refractivity contribution in [3.05, 3.63) is 16.3 Å². The molecule has 2 aromatic rings. The molecule has 1 aliphatic heterocycles. The molecule has 0 aromatic carbocycles. The van der Waals surface area contributed by atoms with Crippen LogP contribution in [0.1, 0.15) is 29.6 Å². The quantitative estimate of drug-likeness (QED) is 0.812. The summed E-state index contributed by atoms with van der Waals surface area (Å²) in [5.41, 5.74) is 1.52. The van der Waals surface area contributed by atoms with Crippen molar-refractivity contribution in [3.8, 4) is 0 Å². The Labute approximate surface area is 129 Å². The summed E-state index contributed by atoms with van der Waals surface area (Å²) in [5, 5.41) is 1.33. The molecule has 1 saturated heterocycles. The van der Waals surface area contributed by atoms with Crippen LogP contribution in [0.25, 0.3) is 10.2 Å². The summed E-state index contributed by atoms with van der Waals surface area (Å²) in [6.45, 7) is 7.83. The molecule has 0 bridgehead atoms. The van der Waals surface area contributed by atoms with Crippen molar-refractivity contribution in [2.75, 3.05) is 31.2 Å². The molecule has 5 heteroatoms. The van der Waals surface area contributed by atoms with Crippen molar-refractivity contribution in [3.63, 3.8) is 0 Å². The molecule has 0 spiro atoms. The zero-order chi connectivity index (χ0) is 14.4. The van der Waals surface area contributed by atoms with E-state index in [-0.39, 0.29) is 0 Å². The Hall–Kier alpha value is -1.20. The number of hydrogen-bond donors (Lipinski definition) is 0. The lowest BCUT2D eigenvalue weighted by molar-refractivity contribution is 0.122. The van der Waals surface area contributed by atoms with Gasteiger partial charge in [-0.05, 0) is 37.7 Å². The molecule has 1 atom stereocenters. The van der Waals surface area contributed by atoms with E-state index in [1.54, 1.807) is 0 Å². The summed E-state index contributed by atoms with van der Waals surface area (Å²) in [6, 6.07) is 0. The van der Waals surface area contributed by atoms with Gasteiger partial charge in [-0.3, -0.25) is 0 Å². The molecule has 0 N–H and O–H groups in total. The number of fused-ring (bicyclic) bond motifs is 3. The minimum Gasteiger partial charge on any atom is -0.378 e. The van der Waals surface area contributed by atoms with Gasteiger partial charge in [0.2, 0.25) is 0 Å². The Kier molecular flexibility index (Phi) is 3.34. The van der Waals surface area contributed by atoms with E-state index in [1.165, 1.54) is 39.9 Å². The Morgan fingerprint density at radius 2 is 2.05 bits per heavy atom. The van der Waals surface area contributed by atoms with Gasteiger partial charge in [-0.25, -0.2) is 9.97 Å². The first-order valence-electron chi connectivity index (χ1n) is 7.84. The smallest absolute Gasteiger partial charge is 0.141 e. The third-order valence-electron chi connectivity index (χ3n) is 4.56. The van der Waals surface area contributed by atoms with Gasteiger partial charge in [-0.15, -0.1) is 11.3 Å². The van der Waals surface area contributed by atoms with Crippen molar-refractivity contribution in [2.24, 2.45) is 5.92 Å². The van der Waals surface area contributed by atoms with Crippen LogP contribution in [0.4, 0.5) is 5.82 Å². The highest BCUT2D eigenvalue weighted by molar-refractivity contribution is 7.19. The van der Waals surface area contributed by atoms with Crippen molar-refractivity contribution >= 4 is 27.4 Å². The fourth-order valence-electron chi connectivity index (χ4n) is 3.43. The highest BCUT2D eigenvalue weighted by Gasteiger charge is 2.26. The van der Waals surface area contributed by atoms with Crippen molar-refractivity contribution in [1.82, 2.24) is 9.97 Å². The first kappa shape index (κ1) is 13.5. The van der Waals surface area contributed by atoms with Gasteiger partial charge in [0, 0.05) is 18.0 Å². The van der Waals surface area contributed by atoms with Gasteiger partial charge in [-0.1, -0.05) is 6.92 Å². The van der Waals surface area contributed by atoms with Crippen LogP contribution in [-0.4, -0.2) is 36.3 Å². The fraction of sp³-hybridized carbons (Fsp3) is 0.625. The van der Waals surface area contributed by atoms with Crippen LogP contribution in [0, 0.1) is 12.8 Å². The molecule has 4 nitrogen and oxygen atoms in total. The first-order valence-corrected chi connectivity index (χ1v) is 8.65. The van der Waals surface area contributed by atoms with Crippen molar-refractivity contribution < 1.29 is 4.74 Å². The molecule has 21 heavy (non-hydrogen) atoms. The van der Waals surface area contributed by atoms with Gasteiger partial charge in [0.05, 0.1) is 18.6 Å². The number of aryl methyl sites for hydroxylation is 2. The van der Waals surface area contributed by atoms with Crippen LogP contribution in [0.15, 0.2) is 0 Å². The number of rotatable bonds is 1. The third kappa shape index (κ3) is 2.32. The molecule has 0 amide bonds. The minimum atomic E-state index is 0.798. The monoisotopic (exact) mass is 303 g/mol. The number of nitrogens with zero attached hydrogens (tertiary/aromatic N) is 3. The number of aromatic nitrogens is 2. The molecular weight excluding hydrogens is 282 g/mol. The molecule has 2 aromatic heterocycles. The van der Waals surface area contributed by atoms with Crippen LogP contribution in [0.3, 0.4) is 0 Å². The molecule has 4 rings (SSSR count). The number of ether oxygens (including phenoxy) is 1. The zero-order valence-corrected chi connectivity index (χ0v) is 13.5.